The van der Waals surface area contributed by atoms with Gasteiger partial charge < -0.3 is 5.32 Å². The largest absolute Gasteiger partial charge is 0.326 e. The summed E-state index contributed by atoms with van der Waals surface area (Å²) >= 11 is 0. The van der Waals surface area contributed by atoms with Crippen molar-refractivity contribution in [3.63, 3.8) is 0 Å². The smallest absolute Gasteiger partial charge is 0.227 e. The number of anilines is 1. The van der Waals surface area contributed by atoms with Gasteiger partial charge >= 0.3 is 0 Å². The van der Waals surface area contributed by atoms with E-state index < -0.39 is 0 Å². The van der Waals surface area contributed by atoms with E-state index in [1.165, 1.54) is 12.1 Å². The fraction of sp³-hybridized carbons (Fsp3) is 0.500. The van der Waals surface area contributed by atoms with Crippen molar-refractivity contribution in [3.05, 3.63) is 30.1 Å². The van der Waals surface area contributed by atoms with E-state index in [9.17, 15) is 9.18 Å². The van der Waals surface area contributed by atoms with Crippen LogP contribution in [0.3, 0.4) is 0 Å². The summed E-state index contributed by atoms with van der Waals surface area (Å²) in [6.45, 7) is 4.13. The van der Waals surface area contributed by atoms with Crippen LogP contribution in [0.15, 0.2) is 24.3 Å². The first-order valence-electron chi connectivity index (χ1n) is 6.23. The highest BCUT2D eigenvalue weighted by atomic mass is 19.1. The normalized spacial score (nSPS) is 12.2. The first-order valence-corrected chi connectivity index (χ1v) is 6.23. The van der Waals surface area contributed by atoms with Crippen molar-refractivity contribution in [1.82, 2.24) is 0 Å². The third-order valence-electron chi connectivity index (χ3n) is 2.88. The summed E-state index contributed by atoms with van der Waals surface area (Å²) in [4.78, 5) is 11.9. The number of hydrogen-bond donors (Lipinski definition) is 1. The molecule has 0 aromatic heterocycles. The maximum Gasteiger partial charge on any atom is 0.227 e. The number of benzene rings is 1. The third-order valence-corrected chi connectivity index (χ3v) is 2.88. The number of halogens is 1. The Balaban J connectivity index is 2.54. The van der Waals surface area contributed by atoms with Crippen molar-refractivity contribution in [2.75, 3.05) is 5.32 Å². The molecular weight excluding hydrogens is 217 g/mol. The zero-order valence-corrected chi connectivity index (χ0v) is 10.5. The summed E-state index contributed by atoms with van der Waals surface area (Å²) in [5, 5.41) is 2.82. The molecule has 94 valence electrons. The number of hydrogen-bond acceptors (Lipinski definition) is 1. The van der Waals surface area contributed by atoms with Crippen molar-refractivity contribution in [2.24, 2.45) is 5.92 Å². The van der Waals surface area contributed by atoms with Gasteiger partial charge in [0.05, 0.1) is 0 Å². The Hall–Kier alpha value is -1.38. The number of rotatable bonds is 6. The highest BCUT2D eigenvalue weighted by Crippen LogP contribution is 2.16. The number of nitrogens with one attached hydrogen (secondary N) is 1. The SMILES string of the molecule is CCCC[C@@H](CC)C(=O)Nc1ccc(F)cc1. The molecule has 0 unspecified atom stereocenters. The van der Waals surface area contributed by atoms with Crippen molar-refractivity contribution >= 4 is 11.6 Å². The van der Waals surface area contributed by atoms with Gasteiger partial charge in [-0.25, -0.2) is 4.39 Å². The fourth-order valence-corrected chi connectivity index (χ4v) is 1.75. The van der Waals surface area contributed by atoms with Crippen LogP contribution < -0.4 is 5.32 Å². The highest BCUT2D eigenvalue weighted by Gasteiger charge is 2.15. The molecule has 3 heteroatoms. The molecule has 0 saturated carbocycles. The molecule has 0 spiro atoms. The number of unbranched alkanes of at least 4 members (excludes halogenated alkanes) is 1. The topological polar surface area (TPSA) is 29.1 Å². The molecule has 17 heavy (non-hydrogen) atoms. The first kappa shape index (κ1) is 13.7. The van der Waals surface area contributed by atoms with Crippen LogP contribution in [0.4, 0.5) is 10.1 Å². The van der Waals surface area contributed by atoms with Gasteiger partial charge in [-0.2, -0.15) is 0 Å². The Morgan fingerprint density at radius 2 is 1.94 bits per heavy atom. The Bertz CT molecular complexity index is 348. The highest BCUT2D eigenvalue weighted by molar-refractivity contribution is 5.92. The monoisotopic (exact) mass is 237 g/mol. The van der Waals surface area contributed by atoms with Gasteiger partial charge in [-0.05, 0) is 37.1 Å². The van der Waals surface area contributed by atoms with Gasteiger partial charge in [0.15, 0.2) is 0 Å². The maximum absolute atomic E-state index is 12.7. The number of amides is 1. The maximum atomic E-state index is 12.7. The molecule has 0 bridgehead atoms. The average molecular weight is 237 g/mol. The van der Waals surface area contributed by atoms with Gasteiger partial charge in [-0.1, -0.05) is 26.7 Å². The van der Waals surface area contributed by atoms with Gasteiger partial charge in [-0.15, -0.1) is 0 Å². The predicted molar refractivity (Wildman–Crippen MR) is 68.3 cm³/mol. The van der Waals surface area contributed by atoms with E-state index in [1.807, 2.05) is 6.92 Å². The lowest BCUT2D eigenvalue weighted by Gasteiger charge is -2.14. The van der Waals surface area contributed by atoms with Gasteiger partial charge in [0.1, 0.15) is 5.82 Å². The Labute approximate surface area is 102 Å². The standard InChI is InChI=1S/C14H20FNO/c1-3-5-6-11(4-2)14(17)16-13-9-7-12(15)8-10-13/h7-11H,3-6H2,1-2H3,(H,16,17)/t11-/m1/s1. The molecule has 0 aliphatic rings. The van der Waals surface area contributed by atoms with Gasteiger partial charge in [-0.3, -0.25) is 4.79 Å². The molecule has 1 amide bonds. The minimum Gasteiger partial charge on any atom is -0.326 e. The molecule has 1 aromatic carbocycles. The van der Waals surface area contributed by atoms with Crippen LogP contribution in [0.5, 0.6) is 0 Å². The molecule has 1 atom stereocenters. The lowest BCUT2D eigenvalue weighted by Crippen LogP contribution is -2.22. The molecule has 0 heterocycles. The third kappa shape index (κ3) is 4.55. The van der Waals surface area contributed by atoms with Gasteiger partial charge in [0, 0.05) is 11.6 Å². The molecule has 1 aromatic rings. The van der Waals surface area contributed by atoms with Crippen LogP contribution in [0.25, 0.3) is 0 Å². The summed E-state index contributed by atoms with van der Waals surface area (Å²) in [6, 6.07) is 5.87. The summed E-state index contributed by atoms with van der Waals surface area (Å²) in [7, 11) is 0. The van der Waals surface area contributed by atoms with E-state index in [2.05, 4.69) is 12.2 Å². The van der Waals surface area contributed by atoms with E-state index in [-0.39, 0.29) is 17.6 Å². The van der Waals surface area contributed by atoms with Crippen LogP contribution >= 0.6 is 0 Å². The van der Waals surface area contributed by atoms with E-state index in [0.29, 0.717) is 5.69 Å². The zero-order chi connectivity index (χ0) is 12.7. The Kier molecular flexibility index (Phi) is 5.67. The van der Waals surface area contributed by atoms with E-state index >= 15 is 0 Å². The minimum absolute atomic E-state index is 0.0348. The average Bonchev–Trinajstić information content (AvgIpc) is 2.33. The summed E-state index contributed by atoms with van der Waals surface area (Å²) in [5.74, 6) is -0.200. The van der Waals surface area contributed by atoms with Gasteiger partial charge in [0.25, 0.3) is 0 Å². The molecular formula is C14H20FNO. The van der Waals surface area contributed by atoms with Gasteiger partial charge in [0.2, 0.25) is 5.91 Å². The number of carbonyl (C=O) groups is 1. The summed E-state index contributed by atoms with van der Waals surface area (Å²) < 4.78 is 12.7. The molecule has 1 N–H and O–H groups in total. The van der Waals surface area contributed by atoms with Crippen LogP contribution in [0, 0.1) is 11.7 Å². The van der Waals surface area contributed by atoms with Crippen molar-refractivity contribution in [3.8, 4) is 0 Å². The lowest BCUT2D eigenvalue weighted by molar-refractivity contribution is -0.120. The zero-order valence-electron chi connectivity index (χ0n) is 10.5. The minimum atomic E-state index is -0.291. The lowest BCUT2D eigenvalue weighted by atomic mass is 9.98. The first-order chi connectivity index (χ1) is 8.17. The second-order valence-corrected chi connectivity index (χ2v) is 4.24. The fourth-order valence-electron chi connectivity index (χ4n) is 1.75. The molecule has 2 nitrogen and oxygen atoms in total. The van der Waals surface area contributed by atoms with Crippen molar-refractivity contribution < 1.29 is 9.18 Å². The van der Waals surface area contributed by atoms with E-state index in [4.69, 9.17) is 0 Å². The molecule has 0 aliphatic carbocycles. The van der Waals surface area contributed by atoms with E-state index in [0.717, 1.165) is 25.7 Å². The quantitative estimate of drug-likeness (QED) is 0.796. The summed E-state index contributed by atoms with van der Waals surface area (Å²) in [6.07, 6.45) is 3.92. The molecule has 1 rings (SSSR count). The molecule has 0 saturated heterocycles. The van der Waals surface area contributed by atoms with Crippen LogP contribution in [0.1, 0.15) is 39.5 Å². The Morgan fingerprint density at radius 1 is 1.29 bits per heavy atom. The molecule has 0 fully saturated rings. The van der Waals surface area contributed by atoms with Crippen LogP contribution in [0.2, 0.25) is 0 Å². The van der Waals surface area contributed by atoms with E-state index in [1.54, 1.807) is 12.1 Å². The second kappa shape index (κ2) is 7.05. The second-order valence-electron chi connectivity index (χ2n) is 4.24. The summed E-state index contributed by atoms with van der Waals surface area (Å²) in [5.41, 5.74) is 0.659. The molecule has 0 aliphatic heterocycles. The van der Waals surface area contributed by atoms with Crippen LogP contribution in [-0.4, -0.2) is 5.91 Å². The van der Waals surface area contributed by atoms with Crippen molar-refractivity contribution in [1.29, 1.82) is 0 Å². The Morgan fingerprint density at radius 3 is 2.47 bits per heavy atom. The van der Waals surface area contributed by atoms with Crippen molar-refractivity contribution in [2.45, 2.75) is 39.5 Å². The predicted octanol–water partition coefficient (Wildman–Crippen LogP) is 3.98. The van der Waals surface area contributed by atoms with Crippen LogP contribution in [-0.2, 0) is 4.79 Å². The molecule has 0 radical (unpaired) electrons. The number of carbonyl (C=O) groups excluding carboxylic acids is 1.